The van der Waals surface area contributed by atoms with Gasteiger partial charge in [-0.25, -0.2) is 5.43 Å². The lowest BCUT2D eigenvalue weighted by Gasteiger charge is -2.07. The predicted molar refractivity (Wildman–Crippen MR) is 133 cm³/mol. The summed E-state index contributed by atoms with van der Waals surface area (Å²) in [6.45, 7) is 4.70. The molecular formula is C25H23BrN4O2. The first-order valence-electron chi connectivity index (χ1n) is 10.4. The van der Waals surface area contributed by atoms with Crippen molar-refractivity contribution in [3.05, 3.63) is 76.8 Å². The minimum atomic E-state index is -0.324. The molecule has 0 saturated heterocycles. The third-order valence-corrected chi connectivity index (χ3v) is 5.77. The van der Waals surface area contributed by atoms with Crippen molar-refractivity contribution in [1.82, 2.24) is 9.99 Å². The largest absolute Gasteiger partial charge is 0.341 e. The van der Waals surface area contributed by atoms with E-state index < -0.39 is 0 Å². The lowest BCUT2D eigenvalue weighted by molar-refractivity contribution is -0.115. The molecule has 0 aliphatic rings. The van der Waals surface area contributed by atoms with Crippen LogP contribution in [0.2, 0.25) is 0 Å². The highest BCUT2D eigenvalue weighted by atomic mass is 79.9. The summed E-state index contributed by atoms with van der Waals surface area (Å²) in [4.78, 5) is 24.7. The average Bonchev–Trinajstić information content (AvgIpc) is 3.11. The molecule has 7 heteroatoms. The van der Waals surface area contributed by atoms with Gasteiger partial charge >= 0.3 is 0 Å². The Morgan fingerprint density at radius 2 is 1.69 bits per heavy atom. The second kappa shape index (κ2) is 9.36. The van der Waals surface area contributed by atoms with Gasteiger partial charge in [-0.05, 0) is 62.4 Å². The molecule has 162 valence electrons. The van der Waals surface area contributed by atoms with Crippen LogP contribution in [0, 0.1) is 0 Å². The molecule has 0 spiro atoms. The zero-order valence-corrected chi connectivity index (χ0v) is 19.4. The normalized spacial score (nSPS) is 11.7. The second-order valence-corrected chi connectivity index (χ2v) is 8.43. The molecule has 0 aliphatic heterocycles. The summed E-state index contributed by atoms with van der Waals surface area (Å²) in [7, 11) is 0. The molecule has 0 unspecified atom stereocenters. The van der Waals surface area contributed by atoms with Gasteiger partial charge in [0.05, 0.1) is 6.42 Å². The monoisotopic (exact) mass is 490 g/mol. The van der Waals surface area contributed by atoms with Crippen molar-refractivity contribution in [3.8, 4) is 0 Å². The quantitative estimate of drug-likeness (QED) is 0.268. The van der Waals surface area contributed by atoms with E-state index in [0.717, 1.165) is 33.0 Å². The number of carbonyl (C=O) groups is 2. The maximum atomic E-state index is 12.5. The fraction of sp³-hybridized carbons (Fsp3) is 0.160. The van der Waals surface area contributed by atoms with Crippen LogP contribution in [0.25, 0.3) is 21.8 Å². The van der Waals surface area contributed by atoms with Gasteiger partial charge in [0.25, 0.3) is 5.91 Å². The number of hydrogen-bond donors (Lipinski definition) is 2. The maximum Gasteiger partial charge on any atom is 0.271 e. The van der Waals surface area contributed by atoms with Crippen molar-refractivity contribution < 1.29 is 9.59 Å². The zero-order valence-electron chi connectivity index (χ0n) is 17.9. The highest BCUT2D eigenvalue weighted by molar-refractivity contribution is 9.10. The molecule has 0 bridgehead atoms. The van der Waals surface area contributed by atoms with Crippen molar-refractivity contribution in [3.63, 3.8) is 0 Å². The summed E-state index contributed by atoms with van der Waals surface area (Å²) in [5, 5.41) is 9.25. The number of benzene rings is 3. The number of aromatic nitrogens is 1. The fourth-order valence-electron chi connectivity index (χ4n) is 3.76. The van der Waals surface area contributed by atoms with Gasteiger partial charge in [-0.15, -0.1) is 0 Å². The molecule has 0 fully saturated rings. The third kappa shape index (κ3) is 4.57. The van der Waals surface area contributed by atoms with Gasteiger partial charge < -0.3 is 9.88 Å². The Balaban J connectivity index is 1.44. The fourth-order valence-corrected chi connectivity index (χ4v) is 4.03. The van der Waals surface area contributed by atoms with Gasteiger partial charge in [0.1, 0.15) is 0 Å². The van der Waals surface area contributed by atoms with Crippen LogP contribution in [0.3, 0.4) is 0 Å². The topological polar surface area (TPSA) is 75.5 Å². The van der Waals surface area contributed by atoms with Crippen LogP contribution in [0.5, 0.6) is 0 Å². The van der Waals surface area contributed by atoms with E-state index >= 15 is 0 Å². The number of hydrogen-bond acceptors (Lipinski definition) is 3. The van der Waals surface area contributed by atoms with Crippen molar-refractivity contribution in [2.75, 3.05) is 5.32 Å². The third-order valence-electron chi connectivity index (χ3n) is 5.24. The van der Waals surface area contributed by atoms with Crippen LogP contribution in [0.15, 0.2) is 76.3 Å². The number of nitrogens with zero attached hydrogens (tertiary/aromatic N) is 2. The van der Waals surface area contributed by atoms with Crippen molar-refractivity contribution in [1.29, 1.82) is 0 Å². The highest BCUT2D eigenvalue weighted by Crippen LogP contribution is 2.31. The van der Waals surface area contributed by atoms with Crippen LogP contribution < -0.4 is 10.7 Å². The summed E-state index contributed by atoms with van der Waals surface area (Å²) >= 11 is 3.34. The standard InChI is InChI=1S/C25H23BrN4O2/c1-3-30-22-7-5-4-6-20(22)21-15-19(12-13-23(21)30)27-24(31)14-16(2)28-29-25(32)17-8-10-18(26)11-9-17/h4-13,15H,3,14H2,1-2H3,(H,27,31)(H,29,32). The van der Waals surface area contributed by atoms with Gasteiger partial charge in [0.2, 0.25) is 5.91 Å². The molecule has 0 atom stereocenters. The van der Waals surface area contributed by atoms with Crippen LogP contribution in [0.1, 0.15) is 30.6 Å². The summed E-state index contributed by atoms with van der Waals surface area (Å²) in [6.07, 6.45) is 0.0787. The van der Waals surface area contributed by atoms with Gasteiger partial charge in [-0.3, -0.25) is 9.59 Å². The van der Waals surface area contributed by atoms with Crippen LogP contribution >= 0.6 is 15.9 Å². The lowest BCUT2D eigenvalue weighted by Crippen LogP contribution is -2.21. The summed E-state index contributed by atoms with van der Waals surface area (Å²) in [5.41, 5.74) is 6.54. The first-order chi connectivity index (χ1) is 15.5. The number of fused-ring (bicyclic) bond motifs is 3. The second-order valence-electron chi connectivity index (χ2n) is 7.51. The molecule has 4 aromatic rings. The Morgan fingerprint density at radius 3 is 2.44 bits per heavy atom. The Labute approximate surface area is 194 Å². The Hall–Kier alpha value is -3.45. The van der Waals surface area contributed by atoms with Crippen molar-refractivity contribution in [2.24, 2.45) is 5.10 Å². The molecule has 0 saturated carbocycles. The number of amides is 2. The van der Waals surface area contributed by atoms with Crippen LogP contribution in [-0.2, 0) is 11.3 Å². The molecule has 0 radical (unpaired) electrons. The number of hydrazone groups is 1. The molecule has 2 amide bonds. The van der Waals surface area contributed by atoms with Gasteiger partial charge in [0.15, 0.2) is 0 Å². The van der Waals surface area contributed by atoms with E-state index in [4.69, 9.17) is 0 Å². The van der Waals surface area contributed by atoms with E-state index in [2.05, 4.69) is 55.4 Å². The Kier molecular flexibility index (Phi) is 6.37. The first-order valence-corrected chi connectivity index (χ1v) is 11.2. The number of rotatable bonds is 6. The lowest BCUT2D eigenvalue weighted by atomic mass is 10.1. The van der Waals surface area contributed by atoms with Gasteiger partial charge in [-0.1, -0.05) is 34.1 Å². The molecule has 3 aromatic carbocycles. The van der Waals surface area contributed by atoms with Gasteiger partial charge in [-0.2, -0.15) is 5.10 Å². The number of anilines is 1. The minimum absolute atomic E-state index is 0.0787. The van der Waals surface area contributed by atoms with Crippen molar-refractivity contribution in [2.45, 2.75) is 26.8 Å². The SMILES string of the molecule is CCn1c2ccccc2c2cc(NC(=O)CC(C)=NNC(=O)c3ccc(Br)cc3)ccc21. The van der Waals surface area contributed by atoms with E-state index in [0.29, 0.717) is 11.3 Å². The average molecular weight is 491 g/mol. The van der Waals surface area contributed by atoms with Crippen molar-refractivity contribution >= 4 is 60.9 Å². The van der Waals surface area contributed by atoms with Crippen LogP contribution in [0.4, 0.5) is 5.69 Å². The van der Waals surface area contributed by atoms with E-state index in [1.807, 2.05) is 30.3 Å². The number of carbonyl (C=O) groups excluding carboxylic acids is 2. The zero-order chi connectivity index (χ0) is 22.7. The highest BCUT2D eigenvalue weighted by Gasteiger charge is 2.11. The Bertz CT molecular complexity index is 1340. The van der Waals surface area contributed by atoms with E-state index in [9.17, 15) is 9.59 Å². The van der Waals surface area contributed by atoms with E-state index in [1.54, 1.807) is 31.2 Å². The van der Waals surface area contributed by atoms with E-state index in [1.165, 1.54) is 5.52 Å². The van der Waals surface area contributed by atoms with E-state index in [-0.39, 0.29) is 18.2 Å². The predicted octanol–water partition coefficient (Wildman–Crippen LogP) is 5.71. The molecule has 1 heterocycles. The number of aryl methyl sites for hydroxylation is 1. The van der Waals surface area contributed by atoms with Gasteiger partial charge in [0, 0.05) is 49.8 Å². The smallest absolute Gasteiger partial charge is 0.271 e. The minimum Gasteiger partial charge on any atom is -0.341 e. The molecule has 2 N–H and O–H groups in total. The molecular weight excluding hydrogens is 468 g/mol. The number of para-hydroxylation sites is 1. The molecule has 0 aliphatic carbocycles. The molecule has 32 heavy (non-hydrogen) atoms. The summed E-state index contributed by atoms with van der Waals surface area (Å²) < 4.78 is 3.16. The molecule has 1 aromatic heterocycles. The summed E-state index contributed by atoms with van der Waals surface area (Å²) in [5.74, 6) is -0.516. The number of nitrogens with one attached hydrogen (secondary N) is 2. The maximum absolute atomic E-state index is 12.5. The number of halogens is 1. The Morgan fingerprint density at radius 1 is 0.969 bits per heavy atom. The molecule has 6 nitrogen and oxygen atoms in total. The van der Waals surface area contributed by atoms with Crippen LogP contribution in [-0.4, -0.2) is 22.1 Å². The molecule has 4 rings (SSSR count). The summed E-state index contributed by atoms with van der Waals surface area (Å²) in [6, 6.07) is 21.2. The first kappa shape index (κ1) is 21.8.